The molecule has 6 heteroatoms. The van der Waals surface area contributed by atoms with Crippen LogP contribution in [0.25, 0.3) is 0 Å². The number of aryl methyl sites for hydroxylation is 2. The van der Waals surface area contributed by atoms with E-state index in [1.54, 1.807) is 0 Å². The molecule has 0 atom stereocenters. The Bertz CT molecular complexity index is 348. The number of rotatable bonds is 7. The smallest absolute Gasteiger partial charge is 0.188 e. The largest absolute Gasteiger partial charge is 0.370 e. The number of hydrogen-bond donors (Lipinski definition) is 2. The minimum Gasteiger partial charge on any atom is -0.370 e. The highest BCUT2D eigenvalue weighted by Gasteiger charge is 1.96. The predicted molar refractivity (Wildman–Crippen MR) is 86.3 cm³/mol. The molecule has 0 fully saturated rings. The molecule has 1 heterocycles. The van der Waals surface area contributed by atoms with Crippen molar-refractivity contribution >= 4 is 29.9 Å². The van der Waals surface area contributed by atoms with E-state index in [0.29, 0.717) is 5.96 Å². The summed E-state index contributed by atoms with van der Waals surface area (Å²) < 4.78 is 1.82. The summed E-state index contributed by atoms with van der Waals surface area (Å²) in [5.41, 5.74) is 6.97. The molecule has 0 aliphatic carbocycles. The fraction of sp³-hybridized carbons (Fsp3) is 0.667. The molecular weight excluding hydrogens is 341 g/mol. The van der Waals surface area contributed by atoms with Crippen molar-refractivity contribution in [2.45, 2.75) is 32.6 Å². The summed E-state index contributed by atoms with van der Waals surface area (Å²) in [4.78, 5) is 4.27. The number of nitrogens with two attached hydrogens (primary N) is 1. The zero-order valence-corrected chi connectivity index (χ0v) is 13.6. The number of nitrogens with zero attached hydrogens (tertiary/aromatic N) is 3. The van der Waals surface area contributed by atoms with E-state index < -0.39 is 0 Å². The lowest BCUT2D eigenvalue weighted by Gasteiger charge is -2.03. The molecule has 0 spiro atoms. The van der Waals surface area contributed by atoms with Crippen LogP contribution >= 0.6 is 24.0 Å². The van der Waals surface area contributed by atoms with E-state index >= 15 is 0 Å². The average Bonchev–Trinajstić information content (AvgIpc) is 2.71. The number of unbranched alkanes of at least 4 members (excludes halogenated alkanes) is 1. The number of nitrogens with one attached hydrogen (secondary N) is 1. The Balaban J connectivity index is 0.00000289. The predicted octanol–water partition coefficient (Wildman–Crippen LogP) is 1.68. The Hall–Kier alpha value is -0.790. The molecule has 0 unspecified atom stereocenters. The summed E-state index contributed by atoms with van der Waals surface area (Å²) in [7, 11) is 1.93. The van der Waals surface area contributed by atoms with Gasteiger partial charge < -0.3 is 11.1 Å². The molecule has 0 amide bonds. The van der Waals surface area contributed by atoms with Gasteiger partial charge in [-0.2, -0.15) is 5.10 Å². The molecule has 1 aromatic rings. The maximum atomic E-state index is 5.72. The van der Waals surface area contributed by atoms with Crippen molar-refractivity contribution in [3.05, 3.63) is 18.0 Å². The molecule has 0 aliphatic rings. The molecule has 0 bridgehead atoms. The molecule has 0 saturated heterocycles. The Morgan fingerprint density at radius 2 is 2.28 bits per heavy atom. The van der Waals surface area contributed by atoms with E-state index in [-0.39, 0.29) is 24.0 Å². The second-order valence-electron chi connectivity index (χ2n) is 4.17. The van der Waals surface area contributed by atoms with Gasteiger partial charge in [-0.15, -0.1) is 24.0 Å². The molecule has 0 radical (unpaired) electrons. The second kappa shape index (κ2) is 10.2. The van der Waals surface area contributed by atoms with Gasteiger partial charge in [0.2, 0.25) is 0 Å². The Kier molecular flexibility index (Phi) is 9.72. The van der Waals surface area contributed by atoms with Gasteiger partial charge in [0.05, 0.1) is 6.20 Å². The van der Waals surface area contributed by atoms with Crippen LogP contribution in [-0.2, 0) is 13.5 Å². The van der Waals surface area contributed by atoms with E-state index in [1.165, 1.54) is 12.0 Å². The van der Waals surface area contributed by atoms with E-state index in [4.69, 9.17) is 5.73 Å². The number of aliphatic imine (C=N–C) groups is 1. The number of halogens is 1. The summed E-state index contributed by atoms with van der Waals surface area (Å²) >= 11 is 0. The Morgan fingerprint density at radius 3 is 2.89 bits per heavy atom. The van der Waals surface area contributed by atoms with Gasteiger partial charge in [0, 0.05) is 26.3 Å². The first-order chi connectivity index (χ1) is 8.22. The van der Waals surface area contributed by atoms with Crippen molar-refractivity contribution in [2.75, 3.05) is 13.1 Å². The number of guanidine groups is 1. The van der Waals surface area contributed by atoms with E-state index in [2.05, 4.69) is 22.3 Å². The van der Waals surface area contributed by atoms with Gasteiger partial charge in [-0.05, 0) is 24.8 Å². The van der Waals surface area contributed by atoms with Gasteiger partial charge in [-0.3, -0.25) is 9.67 Å². The van der Waals surface area contributed by atoms with E-state index in [9.17, 15) is 0 Å². The standard InChI is InChI=1S/C12H23N5.HI/c1-3-4-7-14-12(13)15-8-5-6-11-9-16-17(2)10-11;/h9-10H,3-8H2,1-2H3,(H3,13,14,15);1H. The van der Waals surface area contributed by atoms with Crippen molar-refractivity contribution in [3.63, 3.8) is 0 Å². The number of aromatic nitrogens is 2. The van der Waals surface area contributed by atoms with Crippen molar-refractivity contribution < 1.29 is 0 Å². The van der Waals surface area contributed by atoms with Gasteiger partial charge in [0.25, 0.3) is 0 Å². The monoisotopic (exact) mass is 365 g/mol. The van der Waals surface area contributed by atoms with Gasteiger partial charge in [-0.1, -0.05) is 13.3 Å². The maximum absolute atomic E-state index is 5.72. The second-order valence-corrected chi connectivity index (χ2v) is 4.17. The number of hydrogen-bond acceptors (Lipinski definition) is 2. The first-order valence-corrected chi connectivity index (χ1v) is 6.23. The van der Waals surface area contributed by atoms with Crippen molar-refractivity contribution in [3.8, 4) is 0 Å². The van der Waals surface area contributed by atoms with Crippen molar-refractivity contribution in [1.82, 2.24) is 15.1 Å². The highest BCUT2D eigenvalue weighted by atomic mass is 127. The third-order valence-corrected chi connectivity index (χ3v) is 2.50. The summed E-state index contributed by atoms with van der Waals surface area (Å²) in [6.45, 7) is 3.83. The van der Waals surface area contributed by atoms with Crippen LogP contribution in [-0.4, -0.2) is 28.8 Å². The van der Waals surface area contributed by atoms with E-state index in [0.717, 1.165) is 32.4 Å². The lowest BCUT2D eigenvalue weighted by molar-refractivity contribution is 0.743. The highest BCUT2D eigenvalue weighted by Crippen LogP contribution is 2.00. The molecule has 18 heavy (non-hydrogen) atoms. The molecule has 0 aromatic carbocycles. The summed E-state index contributed by atoms with van der Waals surface area (Å²) in [5.74, 6) is 0.560. The van der Waals surface area contributed by atoms with Gasteiger partial charge >= 0.3 is 0 Å². The Labute approximate surface area is 126 Å². The fourth-order valence-electron chi connectivity index (χ4n) is 1.53. The molecular formula is C12H24IN5. The highest BCUT2D eigenvalue weighted by molar-refractivity contribution is 14.0. The summed E-state index contributed by atoms with van der Waals surface area (Å²) in [6.07, 6.45) is 8.23. The first-order valence-electron chi connectivity index (χ1n) is 6.23. The van der Waals surface area contributed by atoms with Gasteiger partial charge in [0.1, 0.15) is 0 Å². The average molecular weight is 365 g/mol. The lowest BCUT2D eigenvalue weighted by atomic mass is 10.2. The van der Waals surface area contributed by atoms with Crippen molar-refractivity contribution in [2.24, 2.45) is 17.8 Å². The van der Waals surface area contributed by atoms with Crippen LogP contribution in [0.1, 0.15) is 31.7 Å². The first kappa shape index (κ1) is 17.2. The molecule has 0 aliphatic heterocycles. The van der Waals surface area contributed by atoms with Gasteiger partial charge in [-0.25, -0.2) is 0 Å². The minimum absolute atomic E-state index is 0. The fourth-order valence-corrected chi connectivity index (χ4v) is 1.53. The summed E-state index contributed by atoms with van der Waals surface area (Å²) in [6, 6.07) is 0. The summed E-state index contributed by atoms with van der Waals surface area (Å²) in [5, 5.41) is 7.22. The van der Waals surface area contributed by atoms with Crippen LogP contribution in [0.2, 0.25) is 0 Å². The molecule has 5 nitrogen and oxygen atoms in total. The maximum Gasteiger partial charge on any atom is 0.188 e. The normalized spacial score (nSPS) is 11.1. The molecule has 0 saturated carbocycles. The molecule has 1 aromatic heterocycles. The zero-order valence-electron chi connectivity index (χ0n) is 11.2. The quantitative estimate of drug-likeness (QED) is 0.334. The third kappa shape index (κ3) is 7.52. The zero-order chi connectivity index (χ0) is 12.5. The minimum atomic E-state index is 0. The Morgan fingerprint density at radius 1 is 1.50 bits per heavy atom. The molecule has 104 valence electrons. The molecule has 3 N–H and O–H groups in total. The van der Waals surface area contributed by atoms with Crippen molar-refractivity contribution in [1.29, 1.82) is 0 Å². The third-order valence-electron chi connectivity index (χ3n) is 2.50. The topological polar surface area (TPSA) is 68.2 Å². The lowest BCUT2D eigenvalue weighted by Crippen LogP contribution is -2.32. The van der Waals surface area contributed by atoms with Crippen LogP contribution in [0.4, 0.5) is 0 Å². The van der Waals surface area contributed by atoms with E-state index in [1.807, 2.05) is 24.1 Å². The van der Waals surface area contributed by atoms with Crippen LogP contribution in [0.3, 0.4) is 0 Å². The van der Waals surface area contributed by atoms with Crippen LogP contribution in [0.5, 0.6) is 0 Å². The van der Waals surface area contributed by atoms with Crippen LogP contribution in [0, 0.1) is 0 Å². The van der Waals surface area contributed by atoms with Gasteiger partial charge in [0.15, 0.2) is 5.96 Å². The van der Waals surface area contributed by atoms with Crippen LogP contribution < -0.4 is 11.1 Å². The SMILES string of the molecule is CCCCNC(N)=NCCCc1cnn(C)c1.I. The van der Waals surface area contributed by atoms with Crippen LogP contribution in [0.15, 0.2) is 17.4 Å². The molecule has 1 rings (SSSR count).